The Hall–Kier alpha value is -3.94. The van der Waals surface area contributed by atoms with Gasteiger partial charge in [-0.2, -0.15) is 10.2 Å². The Morgan fingerprint density at radius 2 is 1.22 bits per heavy atom. The molecule has 2 aliphatic heterocycles. The zero-order valence-electron chi connectivity index (χ0n) is 18.2. The van der Waals surface area contributed by atoms with Gasteiger partial charge in [0.15, 0.2) is 0 Å². The van der Waals surface area contributed by atoms with Crippen LogP contribution in [-0.4, -0.2) is 50.5 Å². The summed E-state index contributed by atoms with van der Waals surface area (Å²) in [4.78, 5) is 8.69. The van der Waals surface area contributed by atoms with Crippen LogP contribution in [0.5, 0.6) is 0 Å². The fraction of sp³-hybridized carbons (Fsp3) is 0.250. The van der Waals surface area contributed by atoms with Crippen molar-refractivity contribution in [1.82, 2.24) is 21.5 Å². The molecule has 5 rings (SSSR count). The van der Waals surface area contributed by atoms with Crippen LogP contribution in [0.1, 0.15) is 22.3 Å². The number of aliphatic imine (C=N–C) groups is 2. The maximum absolute atomic E-state index is 4.50. The van der Waals surface area contributed by atoms with Crippen LogP contribution in [0.25, 0.3) is 21.5 Å². The van der Waals surface area contributed by atoms with Gasteiger partial charge in [0.05, 0.1) is 25.5 Å². The minimum Gasteiger partial charge on any atom is -0.353 e. The Morgan fingerprint density at radius 1 is 0.750 bits per heavy atom. The third-order valence-corrected chi connectivity index (χ3v) is 5.74. The van der Waals surface area contributed by atoms with Gasteiger partial charge >= 0.3 is 0 Å². The summed E-state index contributed by atoms with van der Waals surface area (Å²) in [6, 6.07) is 12.7. The van der Waals surface area contributed by atoms with E-state index in [9.17, 15) is 0 Å². The van der Waals surface area contributed by atoms with Crippen molar-refractivity contribution in [1.29, 1.82) is 0 Å². The van der Waals surface area contributed by atoms with Crippen LogP contribution in [0.2, 0.25) is 0 Å². The van der Waals surface area contributed by atoms with E-state index in [4.69, 9.17) is 0 Å². The number of nitrogens with one attached hydrogen (secondary N) is 4. The zero-order valence-corrected chi connectivity index (χ0v) is 18.2. The Labute approximate surface area is 186 Å². The van der Waals surface area contributed by atoms with Gasteiger partial charge in [-0.25, -0.2) is 20.8 Å². The molecule has 8 heteroatoms. The Kier molecular flexibility index (Phi) is 5.41. The van der Waals surface area contributed by atoms with Gasteiger partial charge in [-0.3, -0.25) is 0 Å². The molecule has 4 N–H and O–H groups in total. The summed E-state index contributed by atoms with van der Waals surface area (Å²) in [7, 11) is 0. The van der Waals surface area contributed by atoms with E-state index in [0.717, 1.165) is 48.1 Å². The number of rotatable bonds is 4. The molecular formula is C24H26N8. The average molecular weight is 427 g/mol. The smallest absolute Gasteiger partial charge is 0.212 e. The lowest BCUT2D eigenvalue weighted by Gasteiger charge is -2.16. The molecule has 0 atom stereocenters. The summed E-state index contributed by atoms with van der Waals surface area (Å²) in [5, 5.41) is 20.0. The summed E-state index contributed by atoms with van der Waals surface area (Å²) in [5.74, 6) is 1.42. The third kappa shape index (κ3) is 3.75. The molecule has 3 aromatic carbocycles. The van der Waals surface area contributed by atoms with Gasteiger partial charge in [0.2, 0.25) is 11.9 Å². The monoisotopic (exact) mass is 426 g/mol. The van der Waals surface area contributed by atoms with E-state index < -0.39 is 0 Å². The molecule has 0 radical (unpaired) electrons. The van der Waals surface area contributed by atoms with Gasteiger partial charge in [0, 0.05) is 24.2 Å². The first-order valence-corrected chi connectivity index (χ1v) is 10.8. The summed E-state index contributed by atoms with van der Waals surface area (Å²) in [6.07, 6.45) is 3.80. The van der Waals surface area contributed by atoms with Crippen LogP contribution in [0, 0.1) is 13.8 Å². The number of aryl methyl sites for hydroxylation is 2. The van der Waals surface area contributed by atoms with Gasteiger partial charge in [0.25, 0.3) is 0 Å². The largest absolute Gasteiger partial charge is 0.353 e. The molecule has 0 saturated carbocycles. The second-order valence-electron chi connectivity index (χ2n) is 7.88. The molecule has 3 aromatic rings. The van der Waals surface area contributed by atoms with Crippen LogP contribution in [0.15, 0.2) is 56.6 Å². The predicted octanol–water partition coefficient (Wildman–Crippen LogP) is 2.38. The molecule has 0 amide bonds. The fourth-order valence-electron chi connectivity index (χ4n) is 4.26. The number of nitrogens with zero attached hydrogens (tertiary/aromatic N) is 4. The van der Waals surface area contributed by atoms with Gasteiger partial charge in [-0.05, 0) is 46.5 Å². The van der Waals surface area contributed by atoms with Crippen LogP contribution < -0.4 is 21.5 Å². The van der Waals surface area contributed by atoms with Crippen molar-refractivity contribution < 1.29 is 0 Å². The first-order valence-electron chi connectivity index (χ1n) is 10.8. The van der Waals surface area contributed by atoms with Gasteiger partial charge < -0.3 is 10.6 Å². The van der Waals surface area contributed by atoms with E-state index in [1.54, 1.807) is 0 Å². The summed E-state index contributed by atoms with van der Waals surface area (Å²) < 4.78 is 0. The van der Waals surface area contributed by atoms with Crippen LogP contribution >= 0.6 is 0 Å². The molecular weight excluding hydrogens is 400 g/mol. The van der Waals surface area contributed by atoms with E-state index in [1.165, 1.54) is 21.9 Å². The molecule has 0 bridgehead atoms. The second kappa shape index (κ2) is 8.66. The van der Waals surface area contributed by atoms with Crippen molar-refractivity contribution in [3.63, 3.8) is 0 Å². The van der Waals surface area contributed by atoms with Gasteiger partial charge in [0.1, 0.15) is 0 Å². The summed E-state index contributed by atoms with van der Waals surface area (Å²) >= 11 is 0. The highest BCUT2D eigenvalue weighted by atomic mass is 15.4. The Bertz CT molecular complexity index is 1200. The highest BCUT2D eigenvalue weighted by Crippen LogP contribution is 2.35. The normalized spacial score (nSPS) is 15.9. The maximum Gasteiger partial charge on any atom is 0.212 e. The average Bonchev–Trinajstić information content (AvgIpc) is 3.51. The minimum atomic E-state index is 0.709. The van der Waals surface area contributed by atoms with E-state index in [0.29, 0.717) is 11.9 Å². The predicted molar refractivity (Wildman–Crippen MR) is 133 cm³/mol. The Balaban J connectivity index is 1.67. The number of fused-ring (bicyclic) bond motifs is 2. The summed E-state index contributed by atoms with van der Waals surface area (Å²) in [5.41, 5.74) is 10.6. The number of hydrogen-bond acceptors (Lipinski definition) is 8. The second-order valence-corrected chi connectivity index (χ2v) is 7.88. The molecule has 32 heavy (non-hydrogen) atoms. The van der Waals surface area contributed by atoms with E-state index in [-0.39, 0.29) is 0 Å². The fourth-order valence-corrected chi connectivity index (χ4v) is 4.26. The third-order valence-electron chi connectivity index (χ3n) is 5.74. The molecule has 0 aromatic heterocycles. The number of guanidine groups is 2. The van der Waals surface area contributed by atoms with Crippen molar-refractivity contribution in [2.75, 3.05) is 26.2 Å². The van der Waals surface area contributed by atoms with Crippen LogP contribution in [0.4, 0.5) is 0 Å². The van der Waals surface area contributed by atoms with E-state index in [1.807, 2.05) is 12.4 Å². The number of hydrazone groups is 2. The lowest BCUT2D eigenvalue weighted by Crippen LogP contribution is -2.30. The molecule has 0 fully saturated rings. The van der Waals surface area contributed by atoms with Crippen molar-refractivity contribution in [3.05, 3.63) is 58.7 Å². The molecule has 0 spiro atoms. The topological polar surface area (TPSA) is 97.6 Å². The molecule has 0 saturated heterocycles. The lowest BCUT2D eigenvalue weighted by atomic mass is 9.88. The van der Waals surface area contributed by atoms with Crippen molar-refractivity contribution in [2.24, 2.45) is 20.2 Å². The quantitative estimate of drug-likeness (QED) is 0.293. The number of hydrogen-bond donors (Lipinski definition) is 4. The highest BCUT2D eigenvalue weighted by molar-refractivity contribution is 6.22. The molecule has 0 aliphatic carbocycles. The standard InChI is InChI=1S/C24H26N8/c1-15-7-8-16(2)22-20(14-30-32-24-27-11-12-28-24)18-6-4-3-5-17(18)19(21(15)22)13-29-31-23-25-9-10-26-23/h3-8,13-14H,9-12H2,1-2H3,(H2,25,26,31)(H2,27,28,32)/b29-13+,30-14+. The van der Waals surface area contributed by atoms with Crippen molar-refractivity contribution >= 4 is 45.9 Å². The highest BCUT2D eigenvalue weighted by Gasteiger charge is 2.15. The first kappa shape index (κ1) is 20.0. The zero-order chi connectivity index (χ0) is 21.9. The maximum atomic E-state index is 4.50. The minimum absolute atomic E-state index is 0.709. The number of benzene rings is 3. The van der Waals surface area contributed by atoms with E-state index >= 15 is 0 Å². The summed E-state index contributed by atoms with van der Waals surface area (Å²) in [6.45, 7) is 7.50. The van der Waals surface area contributed by atoms with Gasteiger partial charge in [-0.1, -0.05) is 36.4 Å². The molecule has 8 nitrogen and oxygen atoms in total. The molecule has 2 aliphatic rings. The first-order chi connectivity index (χ1) is 15.7. The van der Waals surface area contributed by atoms with Crippen molar-refractivity contribution in [2.45, 2.75) is 13.8 Å². The van der Waals surface area contributed by atoms with Crippen molar-refractivity contribution in [3.8, 4) is 0 Å². The lowest BCUT2D eigenvalue weighted by molar-refractivity contribution is 0.920. The van der Waals surface area contributed by atoms with Gasteiger partial charge in [-0.15, -0.1) is 0 Å². The molecule has 162 valence electrons. The Morgan fingerprint density at radius 3 is 1.62 bits per heavy atom. The molecule has 0 unspecified atom stereocenters. The molecule has 2 heterocycles. The van der Waals surface area contributed by atoms with Crippen LogP contribution in [-0.2, 0) is 0 Å². The van der Waals surface area contributed by atoms with E-state index in [2.05, 4.69) is 91.9 Å². The SMILES string of the molecule is Cc1ccc(C)c2c(/C=N/NC3=NCCN3)c3ccccc3c(/C=N/NC3=NCCN3)c12. The van der Waals surface area contributed by atoms with Crippen LogP contribution in [0.3, 0.4) is 0 Å².